The third-order valence-corrected chi connectivity index (χ3v) is 3.83. The molecule has 2 heterocycles. The fourth-order valence-corrected chi connectivity index (χ4v) is 2.86. The van der Waals surface area contributed by atoms with Crippen molar-refractivity contribution in [1.82, 2.24) is 4.90 Å². The van der Waals surface area contributed by atoms with Crippen LogP contribution in [0.2, 0.25) is 0 Å². The molecule has 1 saturated carbocycles. The minimum Gasteiger partial charge on any atom is -0.392 e. The van der Waals surface area contributed by atoms with Crippen molar-refractivity contribution in [2.24, 2.45) is 11.1 Å². The molecule has 1 aliphatic carbocycles. The summed E-state index contributed by atoms with van der Waals surface area (Å²) >= 11 is 0. The average molecular weight is 206 g/mol. The van der Waals surface area contributed by atoms with Gasteiger partial charge in [-0.05, 0) is 38.3 Å². The van der Waals surface area contributed by atoms with E-state index in [4.69, 9.17) is 4.84 Å². The monoisotopic (exact) mass is 206 g/mol. The van der Waals surface area contributed by atoms with Gasteiger partial charge in [0, 0.05) is 19.0 Å². The highest BCUT2D eigenvalue weighted by Gasteiger charge is 2.39. The van der Waals surface area contributed by atoms with Gasteiger partial charge in [0.1, 0.15) is 6.10 Å². The average Bonchev–Trinajstić information content (AvgIpc) is 2.80. The maximum atomic E-state index is 5.50. The van der Waals surface area contributed by atoms with Crippen molar-refractivity contribution in [2.75, 3.05) is 20.1 Å². The van der Waals surface area contributed by atoms with E-state index < -0.39 is 0 Å². The maximum absolute atomic E-state index is 5.50. The van der Waals surface area contributed by atoms with Gasteiger partial charge >= 0.3 is 0 Å². The normalized spacial score (nSPS) is 35.8. The molecule has 0 amide bonds. The van der Waals surface area contributed by atoms with Crippen LogP contribution in [0.5, 0.6) is 0 Å². The van der Waals surface area contributed by atoms with Crippen molar-refractivity contribution in [3.63, 3.8) is 0 Å². The van der Waals surface area contributed by atoms with E-state index in [0.717, 1.165) is 19.5 Å². The van der Waals surface area contributed by atoms with Crippen molar-refractivity contribution < 1.29 is 4.84 Å². The van der Waals surface area contributed by atoms with E-state index in [1.807, 2.05) is 0 Å². The zero-order chi connectivity index (χ0) is 10.3. The summed E-state index contributed by atoms with van der Waals surface area (Å²) < 4.78 is 0. The number of hydrogen-bond acceptors (Lipinski definition) is 3. The zero-order valence-electron chi connectivity index (χ0n) is 9.28. The van der Waals surface area contributed by atoms with Crippen molar-refractivity contribution in [3.8, 4) is 0 Å². The van der Waals surface area contributed by atoms with Crippen LogP contribution in [-0.4, -0.2) is 36.9 Å². The first-order valence-corrected chi connectivity index (χ1v) is 5.96. The molecule has 15 heavy (non-hydrogen) atoms. The van der Waals surface area contributed by atoms with Crippen LogP contribution in [0.1, 0.15) is 25.7 Å². The summed E-state index contributed by atoms with van der Waals surface area (Å²) in [5.41, 5.74) is 2.72. The molecule has 0 radical (unpaired) electrons. The molecule has 0 saturated heterocycles. The SMILES string of the molecule is CN1CC=C(C2=NO[C@@H]3CCC[C@H]23)CC1. The molecule has 0 N–H and O–H groups in total. The summed E-state index contributed by atoms with van der Waals surface area (Å²) in [5.74, 6) is 0.611. The van der Waals surface area contributed by atoms with Crippen LogP contribution in [0.15, 0.2) is 16.8 Å². The van der Waals surface area contributed by atoms with Crippen LogP contribution in [-0.2, 0) is 4.84 Å². The number of hydrogen-bond donors (Lipinski definition) is 0. The molecule has 0 spiro atoms. The lowest BCUT2D eigenvalue weighted by Gasteiger charge is -2.22. The minimum absolute atomic E-state index is 0.403. The van der Waals surface area contributed by atoms with Gasteiger partial charge in [-0.1, -0.05) is 11.2 Å². The molecule has 0 unspecified atom stereocenters. The molecule has 3 aliphatic rings. The van der Waals surface area contributed by atoms with Crippen molar-refractivity contribution >= 4 is 5.71 Å². The van der Waals surface area contributed by atoms with Crippen LogP contribution in [0.3, 0.4) is 0 Å². The third-order valence-electron chi connectivity index (χ3n) is 3.83. The lowest BCUT2D eigenvalue weighted by Crippen LogP contribution is -2.28. The van der Waals surface area contributed by atoms with E-state index in [1.165, 1.54) is 30.5 Å². The molecule has 1 fully saturated rings. The Bertz CT molecular complexity index is 322. The van der Waals surface area contributed by atoms with Crippen LogP contribution >= 0.6 is 0 Å². The van der Waals surface area contributed by atoms with Gasteiger partial charge in [0.05, 0.1) is 5.71 Å². The number of fused-ring (bicyclic) bond motifs is 1. The largest absolute Gasteiger partial charge is 0.392 e. The molecule has 0 bridgehead atoms. The Balaban J connectivity index is 1.77. The lowest BCUT2D eigenvalue weighted by atomic mass is 9.91. The standard InChI is InChI=1S/C12H18N2O/c1-14-7-5-9(6-8-14)12-10-3-2-4-11(10)15-13-12/h5,10-11H,2-4,6-8H2,1H3/t10-,11+/m0/s1. The Morgan fingerprint density at radius 2 is 2.40 bits per heavy atom. The predicted octanol–water partition coefficient (Wildman–Crippen LogP) is 1.80. The molecule has 0 aromatic rings. The summed E-state index contributed by atoms with van der Waals surface area (Å²) in [7, 11) is 2.17. The Labute approximate surface area is 90.8 Å². The molecule has 3 heteroatoms. The summed E-state index contributed by atoms with van der Waals surface area (Å²) in [6.45, 7) is 2.22. The molecule has 3 nitrogen and oxygen atoms in total. The second kappa shape index (κ2) is 3.63. The lowest BCUT2D eigenvalue weighted by molar-refractivity contribution is 0.0746. The van der Waals surface area contributed by atoms with Crippen LogP contribution in [0.25, 0.3) is 0 Å². The van der Waals surface area contributed by atoms with Gasteiger partial charge in [-0.3, -0.25) is 0 Å². The Morgan fingerprint density at radius 3 is 3.20 bits per heavy atom. The highest BCUT2D eigenvalue weighted by atomic mass is 16.6. The highest BCUT2D eigenvalue weighted by molar-refractivity contribution is 6.02. The van der Waals surface area contributed by atoms with Crippen molar-refractivity contribution in [2.45, 2.75) is 31.8 Å². The smallest absolute Gasteiger partial charge is 0.136 e. The van der Waals surface area contributed by atoms with Gasteiger partial charge in [0.2, 0.25) is 0 Å². The molecule has 0 aromatic heterocycles. The predicted molar refractivity (Wildman–Crippen MR) is 59.8 cm³/mol. The Kier molecular flexibility index (Phi) is 2.28. The molecular weight excluding hydrogens is 188 g/mol. The van der Waals surface area contributed by atoms with Crippen LogP contribution < -0.4 is 0 Å². The topological polar surface area (TPSA) is 24.8 Å². The van der Waals surface area contributed by atoms with Gasteiger partial charge < -0.3 is 9.74 Å². The molecule has 2 aliphatic heterocycles. The second-order valence-electron chi connectivity index (χ2n) is 4.90. The van der Waals surface area contributed by atoms with Gasteiger partial charge in [0.15, 0.2) is 0 Å². The first-order chi connectivity index (χ1) is 7.34. The number of likely N-dealkylation sites (N-methyl/N-ethyl adjacent to an activating group) is 1. The summed E-state index contributed by atoms with van der Waals surface area (Å²) in [5, 5.41) is 4.30. The quantitative estimate of drug-likeness (QED) is 0.653. The maximum Gasteiger partial charge on any atom is 0.136 e. The summed E-state index contributed by atoms with van der Waals surface area (Å²) in [6.07, 6.45) is 7.65. The molecule has 3 rings (SSSR count). The third kappa shape index (κ3) is 1.59. The van der Waals surface area contributed by atoms with Gasteiger partial charge in [-0.15, -0.1) is 0 Å². The second-order valence-corrected chi connectivity index (χ2v) is 4.90. The fourth-order valence-electron chi connectivity index (χ4n) is 2.86. The van der Waals surface area contributed by atoms with Crippen LogP contribution in [0.4, 0.5) is 0 Å². The number of rotatable bonds is 1. The summed E-state index contributed by atoms with van der Waals surface area (Å²) in [4.78, 5) is 7.84. The van der Waals surface area contributed by atoms with Gasteiger partial charge in [-0.2, -0.15) is 0 Å². The van der Waals surface area contributed by atoms with Gasteiger partial charge in [-0.25, -0.2) is 0 Å². The fraction of sp³-hybridized carbons (Fsp3) is 0.750. The van der Waals surface area contributed by atoms with Gasteiger partial charge in [0.25, 0.3) is 0 Å². The Morgan fingerprint density at radius 1 is 1.47 bits per heavy atom. The zero-order valence-corrected chi connectivity index (χ0v) is 9.28. The van der Waals surface area contributed by atoms with E-state index in [2.05, 4.69) is 23.2 Å². The van der Waals surface area contributed by atoms with E-state index in [1.54, 1.807) is 0 Å². The molecular formula is C12H18N2O. The summed E-state index contributed by atoms with van der Waals surface area (Å²) in [6, 6.07) is 0. The van der Waals surface area contributed by atoms with Crippen molar-refractivity contribution in [1.29, 1.82) is 0 Å². The van der Waals surface area contributed by atoms with E-state index >= 15 is 0 Å². The molecule has 82 valence electrons. The first-order valence-electron chi connectivity index (χ1n) is 5.96. The first kappa shape index (κ1) is 9.40. The Hall–Kier alpha value is -0.830. The van der Waals surface area contributed by atoms with Crippen LogP contribution in [0, 0.1) is 5.92 Å². The highest BCUT2D eigenvalue weighted by Crippen LogP contribution is 2.37. The number of nitrogens with zero attached hydrogens (tertiary/aromatic N) is 2. The minimum atomic E-state index is 0.403. The molecule has 0 aromatic carbocycles. The van der Waals surface area contributed by atoms with E-state index in [0.29, 0.717) is 12.0 Å². The number of oxime groups is 1. The molecule has 2 atom stereocenters. The van der Waals surface area contributed by atoms with E-state index in [9.17, 15) is 0 Å². The van der Waals surface area contributed by atoms with Crippen molar-refractivity contribution in [3.05, 3.63) is 11.6 Å². The van der Waals surface area contributed by atoms with E-state index in [-0.39, 0.29) is 0 Å².